The number of nitrogens with zero attached hydrogens (tertiary/aromatic N) is 1. The largest absolute Gasteiger partial charge is 0.494 e. The molecule has 4 aliphatic rings. The summed E-state index contributed by atoms with van der Waals surface area (Å²) in [5, 5.41) is 7.02. The third-order valence-corrected chi connectivity index (χ3v) is 7.98. The molecule has 1 aromatic carbocycles. The summed E-state index contributed by atoms with van der Waals surface area (Å²) in [7, 11) is 0. The number of anilines is 1. The molecule has 1 heterocycles. The van der Waals surface area contributed by atoms with Crippen molar-refractivity contribution in [2.75, 3.05) is 11.9 Å². The van der Waals surface area contributed by atoms with Crippen LogP contribution in [0.3, 0.4) is 0 Å². The molecule has 1 aromatic heterocycles. The molecule has 1 amide bonds. The van der Waals surface area contributed by atoms with Crippen molar-refractivity contribution < 1.29 is 9.53 Å². The maximum Gasteiger partial charge on any atom is 0.226 e. The van der Waals surface area contributed by atoms with Crippen LogP contribution in [0.15, 0.2) is 18.2 Å². The van der Waals surface area contributed by atoms with E-state index >= 15 is 0 Å². The Kier molecular flexibility index (Phi) is 4.98. The van der Waals surface area contributed by atoms with Crippen LogP contribution < -0.4 is 15.4 Å². The van der Waals surface area contributed by atoms with E-state index in [2.05, 4.69) is 15.6 Å². The topological polar surface area (TPSA) is 63.2 Å². The van der Waals surface area contributed by atoms with Crippen molar-refractivity contribution in [3.63, 3.8) is 0 Å². The third kappa shape index (κ3) is 3.99. The van der Waals surface area contributed by atoms with E-state index in [1.54, 1.807) is 0 Å². The summed E-state index contributed by atoms with van der Waals surface area (Å²) in [6.45, 7) is 2.60. The Labute approximate surface area is 180 Å². The fraction of sp³-hybridized carbons (Fsp3) is 0.591. The second-order valence-electron chi connectivity index (χ2n) is 9.18. The van der Waals surface area contributed by atoms with Crippen LogP contribution >= 0.6 is 23.6 Å². The van der Waals surface area contributed by atoms with E-state index in [4.69, 9.17) is 17.0 Å². The monoisotopic (exact) mass is 429 g/mol. The molecule has 0 radical (unpaired) electrons. The lowest BCUT2D eigenvalue weighted by atomic mass is 9.49. The highest BCUT2D eigenvalue weighted by molar-refractivity contribution is 7.80. The molecule has 0 unspecified atom stereocenters. The van der Waals surface area contributed by atoms with E-state index in [1.807, 2.05) is 25.1 Å². The first-order chi connectivity index (χ1) is 14.0. The van der Waals surface area contributed by atoms with Gasteiger partial charge in [-0.2, -0.15) is 0 Å². The van der Waals surface area contributed by atoms with Gasteiger partial charge in [0.15, 0.2) is 10.2 Å². The molecular formula is C22H27N3O2S2. The molecule has 5 nitrogen and oxygen atoms in total. The van der Waals surface area contributed by atoms with Gasteiger partial charge in [0.25, 0.3) is 0 Å². The van der Waals surface area contributed by atoms with Gasteiger partial charge in [-0.25, -0.2) is 4.98 Å². The Hall–Kier alpha value is -1.73. The minimum Gasteiger partial charge on any atom is -0.494 e. The number of thiazole rings is 1. The van der Waals surface area contributed by atoms with E-state index in [-0.39, 0.29) is 11.3 Å². The molecule has 4 aliphatic carbocycles. The van der Waals surface area contributed by atoms with Gasteiger partial charge in [-0.05, 0) is 99.0 Å². The number of hydrogen-bond acceptors (Lipinski definition) is 5. The van der Waals surface area contributed by atoms with Crippen molar-refractivity contribution in [3.8, 4) is 5.75 Å². The summed E-state index contributed by atoms with van der Waals surface area (Å²) in [6.07, 6.45) is 8.47. The third-order valence-electron chi connectivity index (χ3n) is 6.84. The highest BCUT2D eigenvalue weighted by Gasteiger charge is 2.51. The average molecular weight is 430 g/mol. The molecule has 4 saturated carbocycles. The van der Waals surface area contributed by atoms with Crippen LogP contribution in [0.5, 0.6) is 5.75 Å². The number of carbonyl (C=O) groups is 1. The molecule has 4 fully saturated rings. The number of amides is 1. The zero-order valence-corrected chi connectivity index (χ0v) is 18.3. The predicted octanol–water partition coefficient (Wildman–Crippen LogP) is 5.11. The second-order valence-corrected chi connectivity index (χ2v) is 10.6. The van der Waals surface area contributed by atoms with Crippen LogP contribution in [0.2, 0.25) is 0 Å². The van der Waals surface area contributed by atoms with Crippen molar-refractivity contribution >= 4 is 49.9 Å². The molecular weight excluding hydrogens is 402 g/mol. The van der Waals surface area contributed by atoms with Gasteiger partial charge in [0.2, 0.25) is 5.91 Å². The normalized spacial score (nSPS) is 29.8. The van der Waals surface area contributed by atoms with E-state index in [0.717, 1.165) is 33.7 Å². The first-order valence-electron chi connectivity index (χ1n) is 10.6. The summed E-state index contributed by atoms with van der Waals surface area (Å²) in [5.74, 6) is 3.43. The molecule has 4 bridgehead atoms. The molecule has 6 rings (SSSR count). The minimum atomic E-state index is 0.0455. The van der Waals surface area contributed by atoms with Gasteiger partial charge < -0.3 is 15.4 Å². The molecule has 0 spiro atoms. The fourth-order valence-corrected chi connectivity index (χ4v) is 7.53. The van der Waals surface area contributed by atoms with E-state index in [1.165, 1.54) is 49.9 Å². The quantitative estimate of drug-likeness (QED) is 0.646. The highest BCUT2D eigenvalue weighted by Crippen LogP contribution is 2.61. The number of rotatable bonds is 5. The molecule has 154 valence electrons. The molecule has 7 heteroatoms. The van der Waals surface area contributed by atoms with E-state index in [9.17, 15) is 4.79 Å². The van der Waals surface area contributed by atoms with Crippen LogP contribution in [0.25, 0.3) is 10.2 Å². The molecule has 0 atom stereocenters. The van der Waals surface area contributed by atoms with Crippen LogP contribution in [0, 0.1) is 23.2 Å². The molecule has 2 aromatic rings. The lowest BCUT2D eigenvalue weighted by Gasteiger charge is -2.56. The second kappa shape index (κ2) is 7.51. The van der Waals surface area contributed by atoms with Gasteiger partial charge in [0, 0.05) is 6.42 Å². The van der Waals surface area contributed by atoms with Crippen molar-refractivity contribution in [1.82, 2.24) is 10.3 Å². The lowest BCUT2D eigenvalue weighted by Crippen LogP contribution is -2.48. The maximum absolute atomic E-state index is 12.7. The SMILES string of the molecule is CCOc1ccc2nc(NC(=S)NC(=O)CC34CC5CC(CC(C5)C3)C4)sc2c1. The van der Waals surface area contributed by atoms with Gasteiger partial charge in [-0.1, -0.05) is 11.3 Å². The minimum absolute atomic E-state index is 0.0455. The number of fused-ring (bicyclic) bond motifs is 1. The summed E-state index contributed by atoms with van der Waals surface area (Å²) in [6, 6.07) is 5.84. The van der Waals surface area contributed by atoms with Crippen molar-refractivity contribution in [1.29, 1.82) is 0 Å². The Balaban J connectivity index is 1.20. The Morgan fingerprint density at radius 3 is 2.59 bits per heavy atom. The van der Waals surface area contributed by atoms with Crippen molar-refractivity contribution in [2.45, 2.75) is 51.9 Å². The van der Waals surface area contributed by atoms with Gasteiger partial charge in [0.1, 0.15) is 5.75 Å². The number of nitrogens with one attached hydrogen (secondary N) is 2. The molecule has 0 saturated heterocycles. The molecule has 29 heavy (non-hydrogen) atoms. The van der Waals surface area contributed by atoms with Crippen molar-refractivity contribution in [2.24, 2.45) is 23.2 Å². The van der Waals surface area contributed by atoms with Crippen LogP contribution in [-0.4, -0.2) is 22.6 Å². The van der Waals surface area contributed by atoms with Gasteiger partial charge in [0.05, 0.1) is 16.8 Å². The smallest absolute Gasteiger partial charge is 0.226 e. The molecule has 2 N–H and O–H groups in total. The van der Waals surface area contributed by atoms with Crippen LogP contribution in [-0.2, 0) is 4.79 Å². The lowest BCUT2D eigenvalue weighted by molar-refractivity contribution is -0.127. The first kappa shape index (κ1) is 19.2. The molecule has 0 aliphatic heterocycles. The van der Waals surface area contributed by atoms with Crippen LogP contribution in [0.4, 0.5) is 5.13 Å². The highest BCUT2D eigenvalue weighted by atomic mass is 32.1. The number of benzene rings is 1. The van der Waals surface area contributed by atoms with E-state index < -0.39 is 0 Å². The average Bonchev–Trinajstić information content (AvgIpc) is 3.01. The maximum atomic E-state index is 12.7. The zero-order valence-electron chi connectivity index (χ0n) is 16.7. The Morgan fingerprint density at radius 1 is 1.24 bits per heavy atom. The van der Waals surface area contributed by atoms with E-state index in [0.29, 0.717) is 23.3 Å². The predicted molar refractivity (Wildman–Crippen MR) is 120 cm³/mol. The summed E-state index contributed by atoms with van der Waals surface area (Å²) in [4.78, 5) is 17.3. The Morgan fingerprint density at radius 2 is 1.93 bits per heavy atom. The number of thiocarbonyl (C=S) groups is 1. The standard InChI is InChI=1S/C22H27N3O2S2/c1-2-27-16-3-4-17-18(8-16)29-21(23-17)25-20(28)24-19(26)12-22-9-13-5-14(10-22)7-15(6-13)11-22/h3-4,8,13-15H,2,5-7,9-12H2,1H3,(H2,23,24,25,26,28). The van der Waals surface area contributed by atoms with Crippen molar-refractivity contribution in [3.05, 3.63) is 18.2 Å². The van der Waals surface area contributed by atoms with Gasteiger partial charge >= 0.3 is 0 Å². The summed E-state index contributed by atoms with van der Waals surface area (Å²) < 4.78 is 6.58. The summed E-state index contributed by atoms with van der Waals surface area (Å²) >= 11 is 6.90. The zero-order chi connectivity index (χ0) is 20.0. The van der Waals surface area contributed by atoms with Gasteiger partial charge in [-0.3, -0.25) is 4.79 Å². The van der Waals surface area contributed by atoms with Gasteiger partial charge in [-0.15, -0.1) is 0 Å². The number of hydrogen-bond donors (Lipinski definition) is 2. The number of carbonyl (C=O) groups excluding carboxylic acids is 1. The fourth-order valence-electron chi connectivity index (χ4n) is 6.36. The Bertz CT molecular complexity index is 919. The number of aromatic nitrogens is 1. The van der Waals surface area contributed by atoms with Crippen LogP contribution in [0.1, 0.15) is 51.9 Å². The first-order valence-corrected chi connectivity index (χ1v) is 11.9. The summed E-state index contributed by atoms with van der Waals surface area (Å²) in [5.41, 5.74) is 1.11. The number of ether oxygens (including phenoxy) is 1.